The van der Waals surface area contributed by atoms with Crippen LogP contribution in [0, 0.1) is 0 Å². The number of hydrogen-bond donors (Lipinski definition) is 2. The summed E-state index contributed by atoms with van der Waals surface area (Å²) >= 11 is 14.2. The number of halogens is 2. The third kappa shape index (κ3) is 3.75. The summed E-state index contributed by atoms with van der Waals surface area (Å²) in [5.74, 6) is 0. The van der Waals surface area contributed by atoms with Crippen molar-refractivity contribution in [2.75, 3.05) is 23.7 Å². The molecule has 1 aromatic carbocycles. The highest BCUT2D eigenvalue weighted by Gasteiger charge is 2.27. The second-order valence-corrected chi connectivity index (χ2v) is 8.76. The van der Waals surface area contributed by atoms with E-state index in [0.717, 1.165) is 50.9 Å². The lowest BCUT2D eigenvalue weighted by Gasteiger charge is -2.37. The van der Waals surface area contributed by atoms with Gasteiger partial charge in [-0.25, -0.2) is 4.98 Å². The molecule has 1 aliphatic carbocycles. The van der Waals surface area contributed by atoms with E-state index >= 15 is 0 Å². The van der Waals surface area contributed by atoms with Gasteiger partial charge in [0.2, 0.25) is 0 Å². The third-order valence-corrected chi connectivity index (χ3v) is 6.95. The molecule has 0 amide bonds. The number of benzene rings is 1. The number of nitrogens with two attached hydrogens (primary N) is 1. The molecule has 4 rings (SSSR count). The summed E-state index contributed by atoms with van der Waals surface area (Å²) in [6.07, 6.45) is 5.49. The molecule has 1 fully saturated rings. The van der Waals surface area contributed by atoms with Gasteiger partial charge in [0.25, 0.3) is 0 Å². The smallest absolute Gasteiger partial charge is 0.180 e. The first-order valence-electron chi connectivity index (χ1n) is 8.79. The first-order valence-corrected chi connectivity index (χ1v) is 10.4. The van der Waals surface area contributed by atoms with Crippen LogP contribution < -0.4 is 16.0 Å². The Morgan fingerprint density at radius 1 is 1.16 bits per heavy atom. The average molecular weight is 397 g/mol. The van der Waals surface area contributed by atoms with Crippen LogP contribution in [-0.4, -0.2) is 30.2 Å². The SMILES string of the molecule is Nc1nc2c(s1)C[C@@H](NC1CCN(c3cccc(Cl)c3Cl)CC1)CC2. The van der Waals surface area contributed by atoms with E-state index in [0.29, 0.717) is 27.3 Å². The maximum absolute atomic E-state index is 6.36. The molecular weight excluding hydrogens is 375 g/mol. The topological polar surface area (TPSA) is 54.2 Å². The number of thiazole rings is 1. The van der Waals surface area contributed by atoms with Crippen molar-refractivity contribution in [3.63, 3.8) is 0 Å². The van der Waals surface area contributed by atoms with Gasteiger partial charge in [0.1, 0.15) is 0 Å². The number of rotatable bonds is 3. The number of piperidine rings is 1. The van der Waals surface area contributed by atoms with Crippen molar-refractivity contribution in [3.05, 3.63) is 38.8 Å². The second kappa shape index (κ2) is 7.31. The average Bonchev–Trinajstić information content (AvgIpc) is 2.97. The number of aryl methyl sites for hydroxylation is 1. The van der Waals surface area contributed by atoms with Crippen LogP contribution in [0.25, 0.3) is 0 Å². The molecule has 7 heteroatoms. The van der Waals surface area contributed by atoms with E-state index in [1.54, 1.807) is 11.3 Å². The zero-order valence-corrected chi connectivity index (χ0v) is 16.3. The molecule has 1 saturated heterocycles. The van der Waals surface area contributed by atoms with Crippen LogP contribution in [0.5, 0.6) is 0 Å². The van der Waals surface area contributed by atoms with Gasteiger partial charge in [-0.1, -0.05) is 29.3 Å². The number of nitrogen functional groups attached to an aromatic ring is 1. The molecule has 1 atom stereocenters. The standard InChI is InChI=1S/C18H22Cl2N4S/c19-13-2-1-3-15(17(13)20)24-8-6-11(7-9-24)22-12-4-5-14-16(10-12)25-18(21)23-14/h1-3,11-12,22H,4-10H2,(H2,21,23)/t12-/m0/s1. The van der Waals surface area contributed by atoms with Crippen molar-refractivity contribution in [1.82, 2.24) is 10.3 Å². The summed E-state index contributed by atoms with van der Waals surface area (Å²) in [6, 6.07) is 6.96. The van der Waals surface area contributed by atoms with E-state index in [1.807, 2.05) is 12.1 Å². The van der Waals surface area contributed by atoms with E-state index in [9.17, 15) is 0 Å². The zero-order chi connectivity index (χ0) is 17.4. The first kappa shape index (κ1) is 17.4. The Labute approximate surface area is 162 Å². The normalized spacial score (nSPS) is 21.4. The summed E-state index contributed by atoms with van der Waals surface area (Å²) < 4.78 is 0. The van der Waals surface area contributed by atoms with Crippen molar-refractivity contribution in [1.29, 1.82) is 0 Å². The van der Waals surface area contributed by atoms with Crippen LogP contribution in [0.2, 0.25) is 10.0 Å². The van der Waals surface area contributed by atoms with Gasteiger partial charge >= 0.3 is 0 Å². The van der Waals surface area contributed by atoms with Crippen LogP contribution in [0.3, 0.4) is 0 Å². The summed E-state index contributed by atoms with van der Waals surface area (Å²) in [7, 11) is 0. The fraction of sp³-hybridized carbons (Fsp3) is 0.500. The van der Waals surface area contributed by atoms with Gasteiger partial charge in [0, 0.05) is 30.1 Å². The van der Waals surface area contributed by atoms with Gasteiger partial charge < -0.3 is 16.0 Å². The van der Waals surface area contributed by atoms with Crippen molar-refractivity contribution in [3.8, 4) is 0 Å². The van der Waals surface area contributed by atoms with Crippen LogP contribution >= 0.6 is 34.5 Å². The highest BCUT2D eigenvalue weighted by atomic mass is 35.5. The van der Waals surface area contributed by atoms with Gasteiger partial charge in [0.15, 0.2) is 5.13 Å². The second-order valence-electron chi connectivity index (χ2n) is 6.86. The highest BCUT2D eigenvalue weighted by Crippen LogP contribution is 2.34. The van der Waals surface area contributed by atoms with Gasteiger partial charge in [-0.05, 0) is 44.2 Å². The Bertz CT molecular complexity index is 756. The Balaban J connectivity index is 1.33. The molecule has 2 aliphatic rings. The van der Waals surface area contributed by atoms with Gasteiger partial charge in [0.05, 0.1) is 21.4 Å². The molecule has 25 heavy (non-hydrogen) atoms. The van der Waals surface area contributed by atoms with Crippen molar-refractivity contribution in [2.45, 2.75) is 44.2 Å². The van der Waals surface area contributed by atoms with E-state index in [2.05, 4.69) is 21.3 Å². The minimum Gasteiger partial charge on any atom is -0.375 e. The van der Waals surface area contributed by atoms with Crippen molar-refractivity contribution < 1.29 is 0 Å². The largest absolute Gasteiger partial charge is 0.375 e. The minimum absolute atomic E-state index is 0.540. The Kier molecular flexibility index (Phi) is 5.09. The maximum Gasteiger partial charge on any atom is 0.180 e. The van der Waals surface area contributed by atoms with Crippen molar-refractivity contribution in [2.24, 2.45) is 0 Å². The Morgan fingerprint density at radius 3 is 2.76 bits per heavy atom. The molecule has 0 saturated carbocycles. The van der Waals surface area contributed by atoms with Crippen LogP contribution in [-0.2, 0) is 12.8 Å². The fourth-order valence-corrected chi connectivity index (χ4v) is 5.27. The lowest BCUT2D eigenvalue weighted by molar-refractivity contribution is 0.346. The predicted octanol–water partition coefficient (Wildman–Crippen LogP) is 4.15. The molecular formula is C18H22Cl2N4S. The maximum atomic E-state index is 6.36. The van der Waals surface area contributed by atoms with Crippen molar-refractivity contribution >= 4 is 45.4 Å². The molecule has 134 valence electrons. The number of nitrogens with zero attached hydrogens (tertiary/aromatic N) is 2. The molecule has 0 spiro atoms. The van der Waals surface area contributed by atoms with Gasteiger partial charge in [-0.15, -0.1) is 11.3 Å². The summed E-state index contributed by atoms with van der Waals surface area (Å²) in [4.78, 5) is 8.14. The fourth-order valence-electron chi connectivity index (χ4n) is 3.89. The predicted molar refractivity (Wildman–Crippen MR) is 107 cm³/mol. The van der Waals surface area contributed by atoms with Gasteiger partial charge in [-0.3, -0.25) is 0 Å². The molecule has 4 nitrogen and oxygen atoms in total. The lowest BCUT2D eigenvalue weighted by atomic mass is 9.95. The molecule has 0 bridgehead atoms. The molecule has 1 aliphatic heterocycles. The highest BCUT2D eigenvalue weighted by molar-refractivity contribution is 7.15. The Morgan fingerprint density at radius 2 is 1.96 bits per heavy atom. The number of nitrogens with one attached hydrogen (secondary N) is 1. The number of hydrogen-bond acceptors (Lipinski definition) is 5. The number of aromatic nitrogens is 1. The van der Waals surface area contributed by atoms with E-state index in [-0.39, 0.29) is 0 Å². The number of fused-ring (bicyclic) bond motifs is 1. The third-order valence-electron chi connectivity index (χ3n) is 5.19. The molecule has 0 unspecified atom stereocenters. The van der Waals surface area contributed by atoms with E-state index < -0.39 is 0 Å². The zero-order valence-electron chi connectivity index (χ0n) is 14.0. The molecule has 2 heterocycles. The summed E-state index contributed by atoms with van der Waals surface area (Å²) in [5.41, 5.74) is 8.11. The number of anilines is 2. The van der Waals surface area contributed by atoms with Crippen LogP contribution in [0.15, 0.2) is 18.2 Å². The molecule has 2 aromatic rings. The summed E-state index contributed by atoms with van der Waals surface area (Å²) in [5, 5.41) is 5.86. The molecule has 3 N–H and O–H groups in total. The monoisotopic (exact) mass is 396 g/mol. The lowest BCUT2D eigenvalue weighted by Crippen LogP contribution is -2.47. The minimum atomic E-state index is 0.540. The van der Waals surface area contributed by atoms with E-state index in [4.69, 9.17) is 28.9 Å². The summed E-state index contributed by atoms with van der Waals surface area (Å²) in [6.45, 7) is 2.01. The molecule has 0 radical (unpaired) electrons. The first-order chi connectivity index (χ1) is 12.1. The van der Waals surface area contributed by atoms with Gasteiger partial charge in [-0.2, -0.15) is 0 Å². The Hall–Kier alpha value is -1.01. The van der Waals surface area contributed by atoms with E-state index in [1.165, 1.54) is 10.6 Å². The van der Waals surface area contributed by atoms with Crippen LogP contribution in [0.4, 0.5) is 10.8 Å². The van der Waals surface area contributed by atoms with Crippen LogP contribution in [0.1, 0.15) is 29.8 Å². The molecule has 1 aromatic heterocycles. The quantitative estimate of drug-likeness (QED) is 0.817.